The van der Waals surface area contributed by atoms with E-state index in [9.17, 15) is 4.79 Å². The Morgan fingerprint density at radius 3 is 2.79 bits per heavy atom. The zero-order valence-corrected chi connectivity index (χ0v) is 15.5. The molecule has 0 unspecified atom stereocenters. The normalized spacial score (nSPS) is 10.7. The molecule has 1 amide bonds. The van der Waals surface area contributed by atoms with Crippen LogP contribution >= 0.6 is 27.5 Å². The molecule has 0 fully saturated rings. The third kappa shape index (κ3) is 4.49. The minimum atomic E-state index is -0.317. The van der Waals surface area contributed by atoms with Gasteiger partial charge in [-0.15, -0.1) is 0 Å². The summed E-state index contributed by atoms with van der Waals surface area (Å²) in [7, 11) is 1.53. The lowest BCUT2D eigenvalue weighted by Crippen LogP contribution is -2.18. The summed E-state index contributed by atoms with van der Waals surface area (Å²) in [5, 5.41) is 4.36. The molecule has 5 nitrogen and oxygen atoms in total. The van der Waals surface area contributed by atoms with Crippen molar-refractivity contribution in [3.05, 3.63) is 57.0 Å². The molecule has 24 heavy (non-hydrogen) atoms. The molecule has 0 bridgehead atoms. The Labute approximate surface area is 153 Å². The highest BCUT2D eigenvalue weighted by Crippen LogP contribution is 2.35. The number of hydrazone groups is 1. The lowest BCUT2D eigenvalue weighted by atomic mass is 10.2. The molecule has 2 aromatic rings. The molecule has 0 saturated carbocycles. The first-order valence-corrected chi connectivity index (χ1v) is 8.32. The number of methoxy groups -OCH3 is 1. The Morgan fingerprint density at radius 2 is 2.12 bits per heavy atom. The Morgan fingerprint density at radius 1 is 1.38 bits per heavy atom. The minimum absolute atomic E-state index is 0.317. The van der Waals surface area contributed by atoms with Crippen LogP contribution in [0.3, 0.4) is 0 Å². The van der Waals surface area contributed by atoms with Crippen LogP contribution in [0, 0.1) is 0 Å². The number of amides is 1. The van der Waals surface area contributed by atoms with Gasteiger partial charge in [0.2, 0.25) is 0 Å². The van der Waals surface area contributed by atoms with Gasteiger partial charge < -0.3 is 9.47 Å². The minimum Gasteiger partial charge on any atom is -0.493 e. The van der Waals surface area contributed by atoms with Gasteiger partial charge in [0.1, 0.15) is 0 Å². The molecule has 0 aliphatic heterocycles. The maximum Gasteiger partial charge on any atom is 0.272 e. The number of halogens is 2. The van der Waals surface area contributed by atoms with Crippen molar-refractivity contribution in [3.8, 4) is 11.5 Å². The first kappa shape index (κ1) is 18.3. The number of rotatable bonds is 6. The number of carbonyl (C=O) groups excluding carboxylic acids is 1. The van der Waals surface area contributed by atoms with E-state index >= 15 is 0 Å². The van der Waals surface area contributed by atoms with Crippen LogP contribution in [0.4, 0.5) is 0 Å². The van der Waals surface area contributed by atoms with Crippen LogP contribution in [0.2, 0.25) is 5.02 Å². The van der Waals surface area contributed by atoms with Gasteiger partial charge in [-0.1, -0.05) is 23.7 Å². The van der Waals surface area contributed by atoms with Crippen molar-refractivity contribution < 1.29 is 14.3 Å². The van der Waals surface area contributed by atoms with E-state index in [4.69, 9.17) is 21.1 Å². The molecule has 0 atom stereocenters. The molecule has 1 N–H and O–H groups in total. The highest BCUT2D eigenvalue weighted by molar-refractivity contribution is 9.10. The summed E-state index contributed by atoms with van der Waals surface area (Å²) < 4.78 is 11.4. The van der Waals surface area contributed by atoms with Crippen LogP contribution in [0.15, 0.2) is 46.0 Å². The van der Waals surface area contributed by atoms with E-state index in [1.165, 1.54) is 13.3 Å². The van der Waals surface area contributed by atoms with Gasteiger partial charge in [-0.25, -0.2) is 5.43 Å². The van der Waals surface area contributed by atoms with Crippen molar-refractivity contribution >= 4 is 39.7 Å². The molecule has 2 rings (SSSR count). The van der Waals surface area contributed by atoms with Crippen molar-refractivity contribution in [1.82, 2.24) is 5.43 Å². The van der Waals surface area contributed by atoms with Crippen LogP contribution in [-0.4, -0.2) is 25.8 Å². The van der Waals surface area contributed by atoms with Gasteiger partial charge in [-0.2, -0.15) is 5.10 Å². The van der Waals surface area contributed by atoms with Gasteiger partial charge in [0, 0.05) is 4.47 Å². The van der Waals surface area contributed by atoms with Crippen molar-refractivity contribution in [3.63, 3.8) is 0 Å². The molecular weight excluding hydrogens is 396 g/mol. The largest absolute Gasteiger partial charge is 0.493 e. The van der Waals surface area contributed by atoms with Crippen molar-refractivity contribution in [2.45, 2.75) is 6.92 Å². The Kier molecular flexibility index (Phi) is 6.63. The standard InChI is InChI=1S/C17H16BrClN2O3/c1-3-24-16-14(19)8-11(9-15(16)23-2)10-20-21-17(22)12-6-4-5-7-13(12)18/h4-10H,3H2,1-2H3,(H,21,22)/b20-10-. The molecular formula is C17H16BrClN2O3. The van der Waals surface area contributed by atoms with Crippen LogP contribution in [0.1, 0.15) is 22.8 Å². The SMILES string of the molecule is CCOc1c(Cl)cc(/C=N\NC(=O)c2ccccc2Br)cc1OC. The topological polar surface area (TPSA) is 59.9 Å². The fourth-order valence-corrected chi connectivity index (χ4v) is 2.71. The predicted octanol–water partition coefficient (Wildman–Crippen LogP) is 4.27. The lowest BCUT2D eigenvalue weighted by molar-refractivity contribution is 0.0954. The van der Waals surface area contributed by atoms with Gasteiger partial charge in [0.25, 0.3) is 5.91 Å². The lowest BCUT2D eigenvalue weighted by Gasteiger charge is -2.11. The molecule has 0 aliphatic carbocycles. The van der Waals surface area contributed by atoms with Gasteiger partial charge in [-0.05, 0) is 52.7 Å². The molecule has 2 aromatic carbocycles. The maximum absolute atomic E-state index is 12.1. The number of nitrogens with zero attached hydrogens (tertiary/aromatic N) is 1. The van der Waals surface area contributed by atoms with E-state index in [1.54, 1.807) is 30.3 Å². The van der Waals surface area contributed by atoms with Crippen molar-refractivity contribution in [2.24, 2.45) is 5.10 Å². The molecule has 0 aromatic heterocycles. The van der Waals surface area contributed by atoms with Gasteiger partial charge in [-0.3, -0.25) is 4.79 Å². The molecule has 0 spiro atoms. The Bertz CT molecular complexity index is 765. The second-order valence-electron chi connectivity index (χ2n) is 4.65. The summed E-state index contributed by atoms with van der Waals surface area (Å²) in [6.45, 7) is 2.34. The third-order valence-corrected chi connectivity index (χ3v) is 4.01. The number of hydrogen-bond donors (Lipinski definition) is 1. The van der Waals surface area contributed by atoms with Crippen LogP contribution in [-0.2, 0) is 0 Å². The van der Waals surface area contributed by atoms with Crippen LogP contribution in [0.25, 0.3) is 0 Å². The predicted molar refractivity (Wildman–Crippen MR) is 98.4 cm³/mol. The number of carbonyl (C=O) groups is 1. The summed E-state index contributed by atoms with van der Waals surface area (Å²) in [4.78, 5) is 12.1. The van der Waals surface area contributed by atoms with E-state index in [1.807, 2.05) is 13.0 Å². The number of ether oxygens (including phenoxy) is 2. The summed E-state index contributed by atoms with van der Waals surface area (Å²) in [6, 6.07) is 10.5. The second-order valence-corrected chi connectivity index (χ2v) is 5.91. The van der Waals surface area contributed by atoms with Crippen molar-refractivity contribution in [1.29, 1.82) is 0 Å². The average Bonchev–Trinajstić information content (AvgIpc) is 2.57. The Hall–Kier alpha value is -2.05. The smallest absolute Gasteiger partial charge is 0.272 e. The first-order valence-electron chi connectivity index (χ1n) is 7.15. The third-order valence-electron chi connectivity index (χ3n) is 3.04. The van der Waals surface area contributed by atoms with E-state index in [0.29, 0.717) is 38.7 Å². The molecule has 0 aliphatic rings. The average molecular weight is 412 g/mol. The summed E-state index contributed by atoms with van der Waals surface area (Å²) in [6.07, 6.45) is 1.48. The molecule has 0 heterocycles. The zero-order valence-electron chi connectivity index (χ0n) is 13.2. The van der Waals surface area contributed by atoms with Crippen molar-refractivity contribution in [2.75, 3.05) is 13.7 Å². The van der Waals surface area contributed by atoms with Gasteiger partial charge >= 0.3 is 0 Å². The quantitative estimate of drug-likeness (QED) is 0.570. The van der Waals surface area contributed by atoms with Gasteiger partial charge in [0.05, 0.1) is 30.5 Å². The van der Waals surface area contributed by atoms with Crippen LogP contribution in [0.5, 0.6) is 11.5 Å². The van der Waals surface area contributed by atoms with E-state index in [2.05, 4.69) is 26.5 Å². The van der Waals surface area contributed by atoms with E-state index in [-0.39, 0.29) is 5.91 Å². The summed E-state index contributed by atoms with van der Waals surface area (Å²) >= 11 is 9.51. The second kappa shape index (κ2) is 8.70. The Balaban J connectivity index is 2.13. The molecule has 0 saturated heterocycles. The highest BCUT2D eigenvalue weighted by Gasteiger charge is 2.11. The fourth-order valence-electron chi connectivity index (χ4n) is 1.97. The van der Waals surface area contributed by atoms with Gasteiger partial charge in [0.15, 0.2) is 11.5 Å². The summed E-state index contributed by atoms with van der Waals surface area (Å²) in [5.41, 5.74) is 3.64. The number of nitrogens with one attached hydrogen (secondary N) is 1. The maximum atomic E-state index is 12.1. The highest BCUT2D eigenvalue weighted by atomic mass is 79.9. The molecule has 7 heteroatoms. The first-order chi connectivity index (χ1) is 11.6. The fraction of sp³-hybridized carbons (Fsp3) is 0.176. The number of benzene rings is 2. The van der Waals surface area contributed by atoms with E-state index in [0.717, 1.165) is 0 Å². The number of hydrogen-bond acceptors (Lipinski definition) is 4. The van der Waals surface area contributed by atoms with E-state index < -0.39 is 0 Å². The molecule has 126 valence electrons. The monoisotopic (exact) mass is 410 g/mol. The molecule has 0 radical (unpaired) electrons. The summed E-state index contributed by atoms with van der Waals surface area (Å²) in [5.74, 6) is 0.668. The zero-order chi connectivity index (χ0) is 17.5. The van der Waals surface area contributed by atoms with Crippen LogP contribution < -0.4 is 14.9 Å².